The van der Waals surface area contributed by atoms with Crippen LogP contribution in [-0.2, 0) is 9.47 Å². The first kappa shape index (κ1) is 22.3. The molecule has 1 aromatic heterocycles. The predicted octanol–water partition coefficient (Wildman–Crippen LogP) is 1.43. The van der Waals surface area contributed by atoms with Crippen LogP contribution in [0.3, 0.4) is 0 Å². The van der Waals surface area contributed by atoms with Crippen LogP contribution in [0.1, 0.15) is 16.6 Å². The number of hydrogen-bond acceptors (Lipinski definition) is 9. The molecule has 11 heteroatoms. The van der Waals surface area contributed by atoms with Crippen molar-refractivity contribution in [1.82, 2.24) is 9.55 Å². The second-order valence-corrected chi connectivity index (χ2v) is 7.24. The molecule has 1 fully saturated rings. The highest BCUT2D eigenvalue weighted by atomic mass is 16.6. The van der Waals surface area contributed by atoms with Crippen LogP contribution < -0.4 is 11.2 Å². The van der Waals surface area contributed by atoms with Gasteiger partial charge in [-0.1, -0.05) is 18.2 Å². The summed E-state index contributed by atoms with van der Waals surface area (Å²) in [6.07, 6.45) is -4.06. The molecule has 2 aromatic carbocycles. The molecule has 4 rings (SSSR count). The number of nitrogens with zero attached hydrogens (tertiary/aromatic N) is 3. The van der Waals surface area contributed by atoms with Gasteiger partial charge in [0.25, 0.3) is 5.56 Å². The third-order valence-electron chi connectivity index (χ3n) is 4.98. The van der Waals surface area contributed by atoms with Gasteiger partial charge >= 0.3 is 11.7 Å². The molecule has 170 valence electrons. The Bertz CT molecular complexity index is 1250. The summed E-state index contributed by atoms with van der Waals surface area (Å²) in [5.41, 5.74) is 0.0707. The van der Waals surface area contributed by atoms with Crippen molar-refractivity contribution >= 4 is 17.3 Å². The quantitative estimate of drug-likeness (QED) is 0.377. The molecule has 0 bridgehead atoms. The van der Waals surface area contributed by atoms with Crippen molar-refractivity contribution in [3.05, 3.63) is 93.3 Å². The number of aromatic nitrogens is 2. The Morgan fingerprint density at radius 2 is 1.64 bits per heavy atom. The topological polar surface area (TPSA) is 156 Å². The zero-order valence-corrected chi connectivity index (χ0v) is 17.1. The molecular formula is C22H20N4O7. The van der Waals surface area contributed by atoms with Gasteiger partial charge in [-0.25, -0.2) is 9.59 Å². The minimum absolute atomic E-state index is 0.245. The number of hydrogen-bond donors (Lipinski definition) is 3. The number of azo groups is 1. The van der Waals surface area contributed by atoms with Crippen LogP contribution in [0.4, 0.5) is 11.4 Å². The predicted molar refractivity (Wildman–Crippen MR) is 115 cm³/mol. The second-order valence-electron chi connectivity index (χ2n) is 7.24. The maximum Gasteiger partial charge on any atom is 0.338 e. The van der Waals surface area contributed by atoms with Crippen molar-refractivity contribution in [3.8, 4) is 0 Å². The van der Waals surface area contributed by atoms with Crippen molar-refractivity contribution in [2.75, 3.05) is 6.61 Å². The molecule has 3 N–H and O–H groups in total. The van der Waals surface area contributed by atoms with Crippen molar-refractivity contribution in [2.24, 2.45) is 10.2 Å². The van der Waals surface area contributed by atoms with E-state index < -0.39 is 41.8 Å². The maximum atomic E-state index is 12.4. The Morgan fingerprint density at radius 3 is 2.30 bits per heavy atom. The third kappa shape index (κ3) is 5.12. The molecule has 0 radical (unpaired) electrons. The van der Waals surface area contributed by atoms with E-state index in [2.05, 4.69) is 10.2 Å². The van der Waals surface area contributed by atoms with E-state index in [1.807, 2.05) is 35.3 Å². The van der Waals surface area contributed by atoms with E-state index in [1.165, 1.54) is 12.1 Å². The Hall–Kier alpha value is -3.93. The van der Waals surface area contributed by atoms with Gasteiger partial charge in [0.15, 0.2) is 6.23 Å². The number of carbonyl (C=O) groups is 1. The number of rotatable bonds is 6. The number of benzene rings is 2. The van der Waals surface area contributed by atoms with Crippen LogP contribution in [0, 0.1) is 0 Å². The molecule has 0 spiro atoms. The van der Waals surface area contributed by atoms with E-state index >= 15 is 0 Å². The lowest BCUT2D eigenvalue weighted by atomic mass is 10.1. The first-order chi connectivity index (χ1) is 15.9. The molecule has 1 aliphatic rings. The van der Waals surface area contributed by atoms with Gasteiger partial charge in [-0.15, -0.1) is 0 Å². The van der Waals surface area contributed by atoms with Gasteiger partial charge in [0.05, 0.1) is 16.9 Å². The summed E-state index contributed by atoms with van der Waals surface area (Å²) < 4.78 is 11.7. The first-order valence-electron chi connectivity index (χ1n) is 9.99. The SMILES string of the molecule is O=C(OC[C@H]1O[C@@H](n2ccc(=O)[nH]c2=O)[C@H](O)[C@@H]1O)c1ccc(N=Nc2ccccc2)cc1. The number of carbonyl (C=O) groups excluding carboxylic acids is 1. The highest BCUT2D eigenvalue weighted by Gasteiger charge is 2.44. The number of aliphatic hydroxyl groups is 2. The molecule has 2 heterocycles. The molecule has 3 aromatic rings. The fraction of sp³-hybridized carbons (Fsp3) is 0.227. The molecule has 0 aliphatic carbocycles. The molecule has 11 nitrogen and oxygen atoms in total. The summed E-state index contributed by atoms with van der Waals surface area (Å²) in [7, 11) is 0. The molecule has 1 aliphatic heterocycles. The lowest BCUT2D eigenvalue weighted by molar-refractivity contribution is -0.0599. The number of aliphatic hydroxyl groups excluding tert-OH is 2. The Kier molecular flexibility index (Phi) is 6.54. The number of ether oxygens (including phenoxy) is 2. The van der Waals surface area contributed by atoms with Crippen LogP contribution in [0.5, 0.6) is 0 Å². The van der Waals surface area contributed by atoms with E-state index in [4.69, 9.17) is 9.47 Å². The van der Waals surface area contributed by atoms with Gasteiger partial charge in [0, 0.05) is 12.3 Å². The van der Waals surface area contributed by atoms with Gasteiger partial charge in [-0.05, 0) is 36.4 Å². The lowest BCUT2D eigenvalue weighted by Crippen LogP contribution is -2.37. The molecule has 4 atom stereocenters. The molecule has 0 saturated carbocycles. The van der Waals surface area contributed by atoms with Crippen LogP contribution in [0.2, 0.25) is 0 Å². The number of aromatic amines is 1. The lowest BCUT2D eigenvalue weighted by Gasteiger charge is -2.16. The molecule has 1 saturated heterocycles. The van der Waals surface area contributed by atoms with Crippen molar-refractivity contribution in [1.29, 1.82) is 0 Å². The van der Waals surface area contributed by atoms with Gasteiger partial charge in [0.1, 0.15) is 24.9 Å². The Labute approximate surface area is 186 Å². The largest absolute Gasteiger partial charge is 0.459 e. The fourth-order valence-corrected chi connectivity index (χ4v) is 3.24. The van der Waals surface area contributed by atoms with E-state index in [0.29, 0.717) is 11.4 Å². The van der Waals surface area contributed by atoms with Crippen LogP contribution in [0.25, 0.3) is 0 Å². The van der Waals surface area contributed by atoms with E-state index in [9.17, 15) is 24.6 Å². The smallest absolute Gasteiger partial charge is 0.338 e. The van der Waals surface area contributed by atoms with Crippen molar-refractivity contribution in [2.45, 2.75) is 24.5 Å². The highest BCUT2D eigenvalue weighted by Crippen LogP contribution is 2.28. The average Bonchev–Trinajstić information content (AvgIpc) is 3.10. The first-order valence-corrected chi connectivity index (χ1v) is 9.99. The summed E-state index contributed by atoms with van der Waals surface area (Å²) in [5.74, 6) is -0.670. The molecule has 0 amide bonds. The van der Waals surface area contributed by atoms with E-state index in [-0.39, 0.29) is 12.2 Å². The minimum Gasteiger partial charge on any atom is -0.459 e. The number of H-pyrrole nitrogens is 1. The van der Waals surface area contributed by atoms with Crippen LogP contribution >= 0.6 is 0 Å². The second kappa shape index (κ2) is 9.69. The third-order valence-corrected chi connectivity index (χ3v) is 4.98. The summed E-state index contributed by atoms with van der Waals surface area (Å²) in [6.45, 7) is -0.360. The average molecular weight is 452 g/mol. The molecular weight excluding hydrogens is 432 g/mol. The van der Waals surface area contributed by atoms with Crippen LogP contribution in [0.15, 0.2) is 86.7 Å². The number of nitrogens with one attached hydrogen (secondary N) is 1. The molecule has 0 unspecified atom stereocenters. The van der Waals surface area contributed by atoms with Crippen LogP contribution in [-0.4, -0.2) is 50.7 Å². The van der Waals surface area contributed by atoms with Gasteiger partial charge in [-0.3, -0.25) is 14.3 Å². The normalized spacial score (nSPS) is 22.5. The van der Waals surface area contributed by atoms with Gasteiger partial charge in [0.2, 0.25) is 0 Å². The Balaban J connectivity index is 1.36. The summed E-state index contributed by atoms with van der Waals surface area (Å²) >= 11 is 0. The minimum atomic E-state index is -1.47. The molecule has 33 heavy (non-hydrogen) atoms. The zero-order chi connectivity index (χ0) is 23.4. The number of esters is 1. The summed E-state index contributed by atoms with van der Waals surface area (Å²) in [6, 6.07) is 16.5. The highest BCUT2D eigenvalue weighted by molar-refractivity contribution is 5.89. The summed E-state index contributed by atoms with van der Waals surface area (Å²) in [5, 5.41) is 28.7. The standard InChI is InChI=1S/C22H20N4O7/c27-17-10-11-26(22(31)23-17)20-19(29)18(28)16(33-20)12-32-21(30)13-6-8-15(9-7-13)25-24-14-4-2-1-3-5-14/h1-11,16,18-20,28-29H,12H2,(H,23,27,31)/t16-,18-,19-,20-/m1/s1. The fourth-order valence-electron chi connectivity index (χ4n) is 3.24. The monoisotopic (exact) mass is 452 g/mol. The van der Waals surface area contributed by atoms with E-state index in [0.717, 1.165) is 16.8 Å². The summed E-state index contributed by atoms with van der Waals surface area (Å²) in [4.78, 5) is 37.5. The van der Waals surface area contributed by atoms with Gasteiger partial charge < -0.3 is 19.7 Å². The van der Waals surface area contributed by atoms with Crippen molar-refractivity contribution < 1.29 is 24.5 Å². The zero-order valence-electron chi connectivity index (χ0n) is 17.1. The maximum absolute atomic E-state index is 12.4. The van der Waals surface area contributed by atoms with E-state index in [1.54, 1.807) is 12.1 Å². The Morgan fingerprint density at radius 1 is 0.970 bits per heavy atom. The van der Waals surface area contributed by atoms with Gasteiger partial charge in [-0.2, -0.15) is 10.2 Å². The van der Waals surface area contributed by atoms with Crippen molar-refractivity contribution in [3.63, 3.8) is 0 Å².